The van der Waals surface area contributed by atoms with Crippen molar-refractivity contribution < 1.29 is 79.3 Å². The maximum atomic E-state index is 13.8. The van der Waals surface area contributed by atoms with Gasteiger partial charge in [-0.15, -0.1) is 0 Å². The number of rotatable bonds is 20. The molecule has 1 unspecified atom stereocenters. The second-order valence-corrected chi connectivity index (χ2v) is 47.2. The molecule has 7 heterocycles. The minimum atomic E-state index is -2.93. The average molecular weight is 1930 g/mol. The Kier molecular flexibility index (Phi) is 51.0. The molecule has 600 valence electrons. The van der Waals surface area contributed by atoms with Gasteiger partial charge in [0.25, 0.3) is 36.8 Å². The topological polar surface area (TPSA) is 282 Å². The summed E-state index contributed by atoms with van der Waals surface area (Å²) in [5.41, 5.74) is 1.66. The number of allylic oxidation sites excluding steroid dienone is 1. The maximum absolute atomic E-state index is 13.8. The van der Waals surface area contributed by atoms with Crippen molar-refractivity contribution >= 4 is 142 Å². The normalized spacial score (nSPS) is 12.2. The molecule has 0 aromatic carbocycles. The van der Waals surface area contributed by atoms with Crippen LogP contribution >= 0.6 is 69.2 Å². The van der Waals surface area contributed by atoms with E-state index in [1.165, 1.54) is 81.6 Å². The fourth-order valence-electron chi connectivity index (χ4n) is 8.10. The number of nitrogens with zero attached hydrogens (tertiary/aromatic N) is 7. The number of aromatic nitrogens is 8. The van der Waals surface area contributed by atoms with Gasteiger partial charge in [0, 0.05) is 72.4 Å². The number of alkyl halides is 8. The number of aromatic amines is 1. The number of hydrogen-bond acceptors (Lipinski definition) is 14. The first-order valence-corrected chi connectivity index (χ1v) is 46.9. The SMILES string of the molecule is C=[C](C)[Sn]([CH2]CCC)([CH2]CCC)[CH2]CCC.CC(=O)c1nccc(C(F)F)c1F.CC(C)(C)S(N)=O.C[C@@H](N)c1nccc(C(F)F)c1F.C[C@@H](N[S@](=O)C(C)(C)C)c1nccc(C(F)F)c1F.Cn1c(=O)c(Br)cc2c(=O)[nH]cnc21.Fc1c(C(F)F)ccnc1Br.O=Cc1ccnc(Br)c1F.O=S(Cl)Cl. The summed E-state index contributed by atoms with van der Waals surface area (Å²) in [7, 11) is 6.31. The van der Waals surface area contributed by atoms with Gasteiger partial charge in [-0.05, 0) is 140 Å². The van der Waals surface area contributed by atoms with E-state index in [2.05, 4.69) is 143 Å². The van der Waals surface area contributed by atoms with Crippen molar-refractivity contribution in [1.82, 2.24) is 44.2 Å². The Morgan fingerprint density at radius 3 is 1.37 bits per heavy atom. The van der Waals surface area contributed by atoms with E-state index >= 15 is 0 Å². The molecule has 6 N–H and O–H groups in total. The number of ketones is 1. The van der Waals surface area contributed by atoms with E-state index in [0.29, 0.717) is 21.8 Å². The fraction of sp³-hybridized carbons (Fsp3) is 0.463. The number of hydrogen-bond donors (Lipinski definition) is 4. The van der Waals surface area contributed by atoms with Gasteiger partial charge in [0.05, 0.1) is 92.9 Å². The number of unbranched alkanes of at least 4 members (excludes halogenated alkanes) is 3. The second-order valence-electron chi connectivity index (χ2n) is 24.4. The Hall–Kier alpha value is -4.84. The number of nitrogens with two attached hydrogens (primary N) is 2. The predicted molar refractivity (Wildman–Crippen MR) is 411 cm³/mol. The first-order chi connectivity index (χ1) is 49.5. The summed E-state index contributed by atoms with van der Waals surface area (Å²) in [6.45, 7) is 28.6. The van der Waals surface area contributed by atoms with E-state index < -0.39 is 155 Å². The molecule has 18 nitrogen and oxygen atoms in total. The first-order valence-electron chi connectivity index (χ1n) is 31.9. The van der Waals surface area contributed by atoms with Crippen molar-refractivity contribution in [2.24, 2.45) is 17.9 Å². The van der Waals surface area contributed by atoms with E-state index in [4.69, 9.17) is 15.1 Å². The number of aldehydes is 1. The van der Waals surface area contributed by atoms with Crippen molar-refractivity contribution in [2.75, 3.05) is 0 Å². The molecular weight excluding hydrogens is 1840 g/mol. The van der Waals surface area contributed by atoms with E-state index in [1.54, 1.807) is 44.7 Å². The summed E-state index contributed by atoms with van der Waals surface area (Å²) in [6.07, 6.45) is 4.44. The fourth-order valence-corrected chi connectivity index (χ4v) is 24.7. The Bertz CT molecular complexity index is 4090. The van der Waals surface area contributed by atoms with Gasteiger partial charge in [-0.3, -0.25) is 43.8 Å². The molecule has 0 amide bonds. The Morgan fingerprint density at radius 2 is 1.02 bits per heavy atom. The molecule has 107 heavy (non-hydrogen) atoms. The monoisotopic (exact) mass is 1930 g/mol. The van der Waals surface area contributed by atoms with E-state index in [1.807, 2.05) is 20.8 Å². The van der Waals surface area contributed by atoms with Crippen LogP contribution in [0.5, 0.6) is 0 Å². The van der Waals surface area contributed by atoms with Gasteiger partial charge >= 0.3 is 108 Å². The third-order valence-electron chi connectivity index (χ3n) is 14.1. The first kappa shape index (κ1) is 104. The molecule has 0 spiro atoms. The second kappa shape index (κ2) is 52.4. The largest absolute Gasteiger partial charge is 0.323 e. The van der Waals surface area contributed by atoms with Crippen LogP contribution < -0.4 is 26.7 Å². The van der Waals surface area contributed by atoms with Crippen LogP contribution in [0, 0.1) is 29.1 Å². The summed E-state index contributed by atoms with van der Waals surface area (Å²) in [5, 5.41) is 5.43. The maximum Gasteiger partial charge on any atom is 0.266 e. The van der Waals surface area contributed by atoms with Gasteiger partial charge in [-0.25, -0.2) is 89.4 Å². The van der Waals surface area contributed by atoms with Crippen molar-refractivity contribution in [2.45, 2.75) is 189 Å². The van der Waals surface area contributed by atoms with Crippen molar-refractivity contribution in [1.29, 1.82) is 0 Å². The van der Waals surface area contributed by atoms with Gasteiger partial charge in [0.2, 0.25) is 9.23 Å². The smallest absolute Gasteiger partial charge is 0.266 e. The number of pyridine rings is 6. The minimum Gasteiger partial charge on any atom is -0.323 e. The number of H-pyrrole nitrogens is 1. The number of nitrogens with one attached hydrogen (secondary N) is 2. The Morgan fingerprint density at radius 1 is 0.645 bits per heavy atom. The van der Waals surface area contributed by atoms with E-state index in [0.717, 1.165) is 56.0 Å². The van der Waals surface area contributed by atoms with Crippen LogP contribution in [0.25, 0.3) is 11.0 Å². The van der Waals surface area contributed by atoms with Gasteiger partial charge in [-0.2, -0.15) is 0 Å². The van der Waals surface area contributed by atoms with E-state index in [9.17, 15) is 84.7 Å². The van der Waals surface area contributed by atoms with Crippen LogP contribution in [0.15, 0.2) is 107 Å². The van der Waals surface area contributed by atoms with Crippen LogP contribution in [0.4, 0.5) is 57.1 Å². The Labute approximate surface area is 659 Å². The molecule has 4 atom stereocenters. The van der Waals surface area contributed by atoms with E-state index in [-0.39, 0.29) is 42.0 Å². The summed E-state index contributed by atoms with van der Waals surface area (Å²) in [4.78, 5) is 67.7. The number of halogens is 18. The zero-order valence-corrected chi connectivity index (χ0v) is 72.3. The van der Waals surface area contributed by atoms with Gasteiger partial charge in [-0.1, -0.05) is 0 Å². The number of carbonyl (C=O) groups is 2. The van der Waals surface area contributed by atoms with Crippen LogP contribution in [0.3, 0.4) is 0 Å². The van der Waals surface area contributed by atoms with Gasteiger partial charge < -0.3 is 10.7 Å². The number of carbonyl (C=O) groups excluding carboxylic acids is 2. The molecule has 0 aliphatic heterocycles. The number of aryl methyl sites for hydroxylation is 1. The molecule has 7 aromatic rings. The zero-order chi connectivity index (χ0) is 83.2. The van der Waals surface area contributed by atoms with Gasteiger partial charge in [0.15, 0.2) is 41.2 Å². The molecule has 0 aliphatic rings. The third kappa shape index (κ3) is 37.8. The average Bonchev–Trinajstić information content (AvgIpc) is 0.795. The Balaban J connectivity index is 0. The number of fused-ring (bicyclic) bond motifs is 1. The van der Waals surface area contributed by atoms with Gasteiger partial charge in [0.1, 0.15) is 20.5 Å². The number of Topliss-reactive ketones (excluding diaryl/α,β-unsaturated/α-hetero) is 1. The molecule has 0 radical (unpaired) electrons. The summed E-state index contributed by atoms with van der Waals surface area (Å²) >= 11 is 6.68. The summed E-state index contributed by atoms with van der Waals surface area (Å²) < 4.78 is 204. The third-order valence-corrected chi connectivity index (χ3v) is 35.1. The summed E-state index contributed by atoms with van der Waals surface area (Å²) in [5.74, 6) is -5.57. The molecule has 0 fully saturated rings. The molecule has 0 saturated heterocycles. The molecule has 40 heteroatoms. The van der Waals surface area contributed by atoms with Crippen molar-refractivity contribution in [3.8, 4) is 0 Å². The zero-order valence-electron chi connectivity index (χ0n) is 60.7. The summed E-state index contributed by atoms with van der Waals surface area (Å²) in [6, 6.07) is 5.08. The molecule has 0 saturated carbocycles. The van der Waals surface area contributed by atoms with Crippen molar-refractivity contribution in [3.63, 3.8) is 0 Å². The van der Waals surface area contributed by atoms with Crippen LogP contribution in [0.1, 0.15) is 221 Å². The molecule has 0 aliphatic carbocycles. The van der Waals surface area contributed by atoms with Crippen molar-refractivity contribution in [3.05, 3.63) is 192 Å². The molecule has 7 rings (SSSR count). The van der Waals surface area contributed by atoms with Crippen LogP contribution in [-0.4, -0.2) is 92.0 Å². The van der Waals surface area contributed by atoms with Crippen LogP contribution in [-0.2, 0) is 38.2 Å². The molecular formula is C67H87Br3Cl2F13N11O7S3Sn. The standard InChI is InChI=1S/C12H17F3N2OS.C8H6BrN3O2.C8H9F3N2.C8H6F3NO.C6H3BrF3N.C6H3BrFNO.C4H11NOS.3C4H9.C3H5.Cl2OS.Sn/c1-7(17-19(18)12(2,3)4)10-9(13)8(11(14)15)5-6-16-10;1-12-6-4(2-5(9)8(12)14)7(13)11-3-10-6;1-4(12)7-6(9)5(8(10)11)2-3-13-7;1-4(13)7-6(9)5(8(10)11)2-3-12-7;7-5-4(8)3(6(9)10)1-2-11-5;7-6-5(8)4(3-10)1-2-9-6;1-4(2,3)7(5)6;3*1-3-4-2;1-3-2;1-4(2)3;/h5-7,11,17H,1-4H3;2-3H,1H3,(H,10,11,13);2-4,8H,12H2,1H3;2-3,8H,1H3;1-2,6H;1-3H;5H2,1-3H3;3*1,3-4H2,2H3;1H2,2H3;;/t7-,19-;;4-;;;;;;;;;;/m1.1........../s1. The predicted octanol–water partition coefficient (Wildman–Crippen LogP) is 20.3. The minimum absolute atomic E-state index is 0.0156. The molecule has 0 bridgehead atoms. The molecule has 7 aromatic heterocycles. The quantitative estimate of drug-likeness (QED) is 0.0138. The van der Waals surface area contributed by atoms with Crippen LogP contribution in [0.2, 0.25) is 13.3 Å².